The molecule has 2 aromatic carbocycles. The maximum absolute atomic E-state index is 13.0. The van der Waals surface area contributed by atoms with Gasteiger partial charge in [0.25, 0.3) is 5.91 Å². The SMILES string of the molecule is CCOc1cccc(C(=O)N2CCC[C@H]2C(=O)NCc2ccc(-c3cnco3)cc2)c1. The second-order valence-electron chi connectivity index (χ2n) is 7.40. The van der Waals surface area contributed by atoms with Crippen LogP contribution in [-0.4, -0.2) is 40.9 Å². The van der Waals surface area contributed by atoms with Crippen LogP contribution in [0, 0.1) is 0 Å². The minimum atomic E-state index is -0.461. The maximum atomic E-state index is 13.0. The van der Waals surface area contributed by atoms with Gasteiger partial charge in [-0.2, -0.15) is 0 Å². The number of rotatable bonds is 7. The molecular formula is C24H25N3O4. The Labute approximate surface area is 181 Å². The molecule has 2 amide bonds. The molecule has 1 saturated heterocycles. The third-order valence-corrected chi connectivity index (χ3v) is 5.35. The monoisotopic (exact) mass is 419 g/mol. The van der Waals surface area contributed by atoms with E-state index in [4.69, 9.17) is 9.15 Å². The van der Waals surface area contributed by atoms with Crippen LogP contribution >= 0.6 is 0 Å². The van der Waals surface area contributed by atoms with E-state index in [1.807, 2.05) is 37.3 Å². The molecule has 0 saturated carbocycles. The summed E-state index contributed by atoms with van der Waals surface area (Å²) >= 11 is 0. The molecule has 7 nitrogen and oxygen atoms in total. The van der Waals surface area contributed by atoms with Crippen LogP contribution in [0.2, 0.25) is 0 Å². The molecule has 0 bridgehead atoms. The summed E-state index contributed by atoms with van der Waals surface area (Å²) in [6, 6.07) is 14.4. The van der Waals surface area contributed by atoms with Crippen LogP contribution in [0.4, 0.5) is 0 Å². The summed E-state index contributed by atoms with van der Waals surface area (Å²) in [5.74, 6) is 1.08. The molecule has 3 aromatic rings. The third kappa shape index (κ3) is 4.77. The van der Waals surface area contributed by atoms with Gasteiger partial charge < -0.3 is 19.4 Å². The number of nitrogens with one attached hydrogen (secondary N) is 1. The summed E-state index contributed by atoms with van der Waals surface area (Å²) in [6.07, 6.45) is 4.52. The standard InChI is InChI=1S/C24H25N3O4/c1-2-30-20-6-3-5-19(13-20)24(29)27-12-4-7-21(27)23(28)26-14-17-8-10-18(11-9-17)22-15-25-16-31-22/h3,5-6,8-11,13,15-16,21H,2,4,7,12,14H2,1H3,(H,26,28)/t21-/m0/s1. The number of hydrogen-bond donors (Lipinski definition) is 1. The number of amides is 2. The minimum Gasteiger partial charge on any atom is -0.494 e. The quantitative estimate of drug-likeness (QED) is 0.632. The van der Waals surface area contributed by atoms with Crippen LogP contribution in [0.15, 0.2) is 65.5 Å². The predicted octanol–water partition coefficient (Wildman–Crippen LogP) is 3.66. The van der Waals surface area contributed by atoms with Gasteiger partial charge in [0.2, 0.25) is 5.91 Å². The molecule has 1 fully saturated rings. The summed E-state index contributed by atoms with van der Waals surface area (Å²) < 4.78 is 10.8. The van der Waals surface area contributed by atoms with Crippen molar-refractivity contribution in [2.75, 3.05) is 13.2 Å². The Balaban J connectivity index is 1.37. The fraction of sp³-hybridized carbons (Fsp3) is 0.292. The van der Waals surface area contributed by atoms with Gasteiger partial charge in [-0.15, -0.1) is 0 Å². The fourth-order valence-corrected chi connectivity index (χ4v) is 3.79. The van der Waals surface area contributed by atoms with Gasteiger partial charge in [0.1, 0.15) is 11.8 Å². The van der Waals surface area contributed by atoms with E-state index in [-0.39, 0.29) is 11.8 Å². The first-order valence-electron chi connectivity index (χ1n) is 10.4. The highest BCUT2D eigenvalue weighted by Gasteiger charge is 2.34. The van der Waals surface area contributed by atoms with E-state index in [1.165, 1.54) is 6.39 Å². The first-order valence-corrected chi connectivity index (χ1v) is 10.4. The van der Waals surface area contributed by atoms with Crippen LogP contribution in [0.5, 0.6) is 5.75 Å². The van der Waals surface area contributed by atoms with Crippen molar-refractivity contribution in [1.82, 2.24) is 15.2 Å². The van der Waals surface area contributed by atoms with E-state index in [2.05, 4.69) is 10.3 Å². The lowest BCUT2D eigenvalue weighted by molar-refractivity contribution is -0.125. The Morgan fingerprint density at radius 3 is 2.81 bits per heavy atom. The second-order valence-corrected chi connectivity index (χ2v) is 7.40. The largest absolute Gasteiger partial charge is 0.494 e. The van der Waals surface area contributed by atoms with Crippen molar-refractivity contribution in [2.24, 2.45) is 0 Å². The Kier molecular flexibility index (Phi) is 6.31. The number of aromatic nitrogens is 1. The Morgan fingerprint density at radius 2 is 2.06 bits per heavy atom. The molecule has 1 atom stereocenters. The van der Waals surface area contributed by atoms with Crippen LogP contribution in [0.25, 0.3) is 11.3 Å². The zero-order valence-corrected chi connectivity index (χ0v) is 17.4. The normalized spacial score (nSPS) is 15.6. The van der Waals surface area contributed by atoms with E-state index < -0.39 is 6.04 Å². The van der Waals surface area contributed by atoms with E-state index in [0.29, 0.717) is 43.2 Å². The van der Waals surface area contributed by atoms with Crippen molar-refractivity contribution in [3.63, 3.8) is 0 Å². The van der Waals surface area contributed by atoms with E-state index in [0.717, 1.165) is 17.5 Å². The zero-order valence-electron chi connectivity index (χ0n) is 17.4. The minimum absolute atomic E-state index is 0.133. The molecule has 1 N–H and O–H groups in total. The Morgan fingerprint density at radius 1 is 1.23 bits per heavy atom. The number of benzene rings is 2. The maximum Gasteiger partial charge on any atom is 0.254 e. The molecule has 7 heteroatoms. The van der Waals surface area contributed by atoms with Crippen molar-refractivity contribution in [2.45, 2.75) is 32.4 Å². The van der Waals surface area contributed by atoms with E-state index in [9.17, 15) is 9.59 Å². The van der Waals surface area contributed by atoms with E-state index >= 15 is 0 Å². The lowest BCUT2D eigenvalue weighted by Crippen LogP contribution is -2.45. The van der Waals surface area contributed by atoms with Crippen molar-refractivity contribution < 1.29 is 18.7 Å². The molecule has 1 aromatic heterocycles. The van der Waals surface area contributed by atoms with Crippen LogP contribution in [0.1, 0.15) is 35.7 Å². The first-order chi connectivity index (χ1) is 15.2. The Hall–Kier alpha value is -3.61. The van der Waals surface area contributed by atoms with Crippen molar-refractivity contribution in [3.05, 3.63) is 72.2 Å². The average Bonchev–Trinajstić information content (AvgIpc) is 3.50. The van der Waals surface area contributed by atoms with Crippen LogP contribution in [-0.2, 0) is 11.3 Å². The summed E-state index contributed by atoms with van der Waals surface area (Å²) in [5, 5.41) is 2.97. The number of hydrogen-bond acceptors (Lipinski definition) is 5. The third-order valence-electron chi connectivity index (χ3n) is 5.35. The fourth-order valence-electron chi connectivity index (χ4n) is 3.79. The molecule has 0 unspecified atom stereocenters. The predicted molar refractivity (Wildman–Crippen MR) is 115 cm³/mol. The highest BCUT2D eigenvalue weighted by Crippen LogP contribution is 2.23. The molecular weight excluding hydrogens is 394 g/mol. The van der Waals surface area contributed by atoms with Gasteiger partial charge in [-0.05, 0) is 43.5 Å². The average molecular weight is 419 g/mol. The summed E-state index contributed by atoms with van der Waals surface area (Å²) in [7, 11) is 0. The van der Waals surface area contributed by atoms with Gasteiger partial charge in [0.15, 0.2) is 12.2 Å². The van der Waals surface area contributed by atoms with E-state index in [1.54, 1.807) is 29.3 Å². The highest BCUT2D eigenvalue weighted by molar-refractivity contribution is 5.98. The van der Waals surface area contributed by atoms with Gasteiger partial charge in [0.05, 0.1) is 12.8 Å². The number of carbonyl (C=O) groups excluding carboxylic acids is 2. The van der Waals surface area contributed by atoms with Crippen molar-refractivity contribution >= 4 is 11.8 Å². The summed E-state index contributed by atoms with van der Waals surface area (Å²) in [5.41, 5.74) is 2.43. The number of likely N-dealkylation sites (tertiary alicyclic amines) is 1. The molecule has 0 radical (unpaired) electrons. The number of carbonyl (C=O) groups is 2. The molecule has 1 aliphatic heterocycles. The van der Waals surface area contributed by atoms with Gasteiger partial charge >= 0.3 is 0 Å². The Bertz CT molecular complexity index is 1030. The first kappa shape index (κ1) is 20.7. The highest BCUT2D eigenvalue weighted by atomic mass is 16.5. The lowest BCUT2D eigenvalue weighted by Gasteiger charge is -2.24. The van der Waals surface area contributed by atoms with Crippen molar-refractivity contribution in [3.8, 4) is 17.1 Å². The molecule has 0 spiro atoms. The molecule has 160 valence electrons. The smallest absolute Gasteiger partial charge is 0.254 e. The molecule has 4 rings (SSSR count). The lowest BCUT2D eigenvalue weighted by atomic mass is 10.1. The van der Waals surface area contributed by atoms with Gasteiger partial charge in [-0.1, -0.05) is 30.3 Å². The van der Waals surface area contributed by atoms with Crippen LogP contribution in [0.3, 0.4) is 0 Å². The van der Waals surface area contributed by atoms with Gasteiger partial charge in [0, 0.05) is 24.2 Å². The van der Waals surface area contributed by atoms with Gasteiger partial charge in [-0.3, -0.25) is 9.59 Å². The summed E-state index contributed by atoms with van der Waals surface area (Å²) in [4.78, 5) is 31.4. The van der Waals surface area contributed by atoms with Gasteiger partial charge in [-0.25, -0.2) is 4.98 Å². The number of ether oxygens (including phenoxy) is 1. The zero-order chi connectivity index (χ0) is 21.6. The second kappa shape index (κ2) is 9.47. The van der Waals surface area contributed by atoms with Crippen LogP contribution < -0.4 is 10.1 Å². The number of nitrogens with zero attached hydrogens (tertiary/aromatic N) is 2. The molecule has 31 heavy (non-hydrogen) atoms. The molecule has 1 aliphatic rings. The molecule has 2 heterocycles. The summed E-state index contributed by atoms with van der Waals surface area (Å²) in [6.45, 7) is 3.40. The number of oxazole rings is 1. The topological polar surface area (TPSA) is 84.7 Å². The van der Waals surface area contributed by atoms with Crippen molar-refractivity contribution in [1.29, 1.82) is 0 Å². The molecule has 0 aliphatic carbocycles.